The summed E-state index contributed by atoms with van der Waals surface area (Å²) in [5.41, 5.74) is -10.6. The molecule has 0 bridgehead atoms. The molecule has 50 heavy (non-hydrogen) atoms. The number of hydrogen-bond donors (Lipinski definition) is 1. The predicted molar refractivity (Wildman–Crippen MR) is 132 cm³/mol. The zero-order valence-corrected chi connectivity index (χ0v) is 24.1. The van der Waals surface area contributed by atoms with Gasteiger partial charge in [0.05, 0.1) is 6.04 Å². The summed E-state index contributed by atoms with van der Waals surface area (Å²) in [5.74, 6) is -71.4. The normalized spacial score (nSPS) is 12.3. The summed E-state index contributed by atoms with van der Waals surface area (Å²) in [6, 6.07) is 0.634. The Balaban J connectivity index is 0.00000126. The standard InChI is InChI=1S/C24BF20.C4H11N/c26-5-1(6(27)14(35)21(42)13(5)34)25(2-7(28)15(36)22(43)16(37)8(2)29,3-9(30)17(38)23(44)18(39)10(3)31)4-11(32)19(40)24(45)20(41)12(4)33;1-3-4(2)5/h;4H,3,5H2,1-2H3/q-1;/p+1. The maximum atomic E-state index is 15.4. The first-order valence-electron chi connectivity index (χ1n) is 13.0. The van der Waals surface area contributed by atoms with Gasteiger partial charge in [-0.25, -0.2) is 87.8 Å². The zero-order valence-electron chi connectivity index (χ0n) is 24.1. The van der Waals surface area contributed by atoms with E-state index in [1.165, 1.54) is 6.42 Å². The molecule has 0 amide bonds. The van der Waals surface area contributed by atoms with Crippen LogP contribution in [0.2, 0.25) is 0 Å². The molecular formula is C28H12BF20N. The summed E-state index contributed by atoms with van der Waals surface area (Å²) in [7, 11) is 0. The average Bonchev–Trinajstić information content (AvgIpc) is 3.08. The van der Waals surface area contributed by atoms with Crippen LogP contribution < -0.4 is 27.6 Å². The molecule has 4 aromatic carbocycles. The molecule has 1 nitrogen and oxygen atoms in total. The van der Waals surface area contributed by atoms with Crippen LogP contribution in [0.4, 0.5) is 87.8 Å². The Labute approximate surface area is 264 Å². The number of halogens is 20. The largest absolute Gasteiger partial charge is 0.355 e. The van der Waals surface area contributed by atoms with E-state index in [0.717, 1.165) is 0 Å². The maximum absolute atomic E-state index is 15.4. The summed E-state index contributed by atoms with van der Waals surface area (Å²) in [5, 5.41) is 0. The lowest BCUT2D eigenvalue weighted by Crippen LogP contribution is -2.81. The van der Waals surface area contributed by atoms with Crippen LogP contribution in [-0.2, 0) is 0 Å². The van der Waals surface area contributed by atoms with Crippen molar-refractivity contribution in [3.05, 3.63) is 116 Å². The first kappa shape index (κ1) is 39.9. The van der Waals surface area contributed by atoms with Crippen LogP contribution >= 0.6 is 0 Å². The van der Waals surface area contributed by atoms with E-state index in [2.05, 4.69) is 19.6 Å². The Bertz CT molecular complexity index is 1650. The first-order chi connectivity index (χ1) is 23.0. The van der Waals surface area contributed by atoms with Crippen molar-refractivity contribution in [2.24, 2.45) is 0 Å². The van der Waals surface area contributed by atoms with Crippen molar-refractivity contribution in [3.63, 3.8) is 0 Å². The molecule has 0 saturated heterocycles. The lowest BCUT2D eigenvalue weighted by molar-refractivity contribution is -0.414. The van der Waals surface area contributed by atoms with Gasteiger partial charge in [0.15, 0.2) is 69.8 Å². The van der Waals surface area contributed by atoms with E-state index in [0.29, 0.717) is 6.04 Å². The van der Waals surface area contributed by atoms with E-state index in [1.807, 2.05) is 0 Å². The molecule has 272 valence electrons. The van der Waals surface area contributed by atoms with Gasteiger partial charge in [-0.15, -0.1) is 21.9 Å². The molecule has 0 aliphatic carbocycles. The molecular weight excluding hydrogens is 741 g/mol. The number of benzene rings is 4. The van der Waals surface area contributed by atoms with Crippen LogP contribution in [0.5, 0.6) is 0 Å². The van der Waals surface area contributed by atoms with Crippen molar-refractivity contribution in [1.29, 1.82) is 0 Å². The molecule has 22 heteroatoms. The topological polar surface area (TPSA) is 27.6 Å². The Morgan fingerprint density at radius 2 is 0.420 bits per heavy atom. The van der Waals surface area contributed by atoms with Crippen molar-refractivity contribution in [2.75, 3.05) is 0 Å². The lowest BCUT2D eigenvalue weighted by atomic mass is 9.12. The van der Waals surface area contributed by atoms with E-state index >= 15 is 35.1 Å². The molecule has 4 rings (SSSR count). The Hall–Kier alpha value is -4.50. The molecule has 0 aliphatic heterocycles. The Kier molecular flexibility index (Phi) is 11.2. The van der Waals surface area contributed by atoms with Gasteiger partial charge in [0.2, 0.25) is 0 Å². The van der Waals surface area contributed by atoms with E-state index in [4.69, 9.17) is 0 Å². The van der Waals surface area contributed by atoms with Gasteiger partial charge in [-0.1, -0.05) is 6.92 Å². The number of hydrogen-bond acceptors (Lipinski definition) is 0. The highest BCUT2D eigenvalue weighted by Crippen LogP contribution is 2.30. The van der Waals surface area contributed by atoms with Gasteiger partial charge >= 0.3 is 0 Å². The highest BCUT2D eigenvalue weighted by atomic mass is 19.2. The Morgan fingerprint density at radius 3 is 0.520 bits per heavy atom. The van der Waals surface area contributed by atoms with Crippen LogP contribution in [0.15, 0.2) is 0 Å². The van der Waals surface area contributed by atoms with E-state index < -0.39 is 144 Å². The minimum atomic E-state index is -7.22. The van der Waals surface area contributed by atoms with Crippen molar-refractivity contribution >= 4 is 28.0 Å². The molecule has 4 aromatic rings. The number of rotatable bonds is 5. The summed E-state index contributed by atoms with van der Waals surface area (Å²) in [4.78, 5) is 0. The van der Waals surface area contributed by atoms with Gasteiger partial charge in [-0.05, 0) is 13.3 Å². The second kappa shape index (κ2) is 14.0. The van der Waals surface area contributed by atoms with Crippen molar-refractivity contribution in [1.82, 2.24) is 0 Å². The molecule has 0 aromatic heterocycles. The third-order valence-electron chi connectivity index (χ3n) is 7.40. The fourth-order valence-corrected chi connectivity index (χ4v) is 4.87. The van der Waals surface area contributed by atoms with Gasteiger partial charge < -0.3 is 5.73 Å². The van der Waals surface area contributed by atoms with E-state index in [-0.39, 0.29) is 0 Å². The molecule has 3 N–H and O–H groups in total. The fraction of sp³-hybridized carbons (Fsp3) is 0.143. The third kappa shape index (κ3) is 5.69. The molecule has 0 heterocycles. The highest BCUT2D eigenvalue weighted by Gasteiger charge is 2.52. The first-order valence-corrected chi connectivity index (χ1v) is 13.0. The van der Waals surface area contributed by atoms with Crippen LogP contribution in [0, 0.1) is 116 Å². The minimum absolute atomic E-state index is 0.634. The molecule has 0 saturated carbocycles. The monoisotopic (exact) mass is 753 g/mol. The quantitative estimate of drug-likeness (QED) is 0.114. The summed E-state index contributed by atoms with van der Waals surface area (Å²) < 4.78 is 294. The van der Waals surface area contributed by atoms with Crippen LogP contribution in [-0.4, -0.2) is 12.2 Å². The third-order valence-corrected chi connectivity index (χ3v) is 7.40. The Morgan fingerprint density at radius 1 is 0.320 bits per heavy atom. The van der Waals surface area contributed by atoms with Crippen LogP contribution in [0.3, 0.4) is 0 Å². The molecule has 0 spiro atoms. The maximum Gasteiger partial charge on any atom is 0.200 e. The summed E-state index contributed by atoms with van der Waals surface area (Å²) in [6.45, 7) is 4.25. The predicted octanol–water partition coefficient (Wildman–Crippen LogP) is 5.87. The van der Waals surface area contributed by atoms with E-state index in [1.54, 1.807) is 0 Å². The van der Waals surface area contributed by atoms with Crippen molar-refractivity contribution < 1.29 is 93.5 Å². The molecule has 0 aliphatic rings. The van der Waals surface area contributed by atoms with Crippen molar-refractivity contribution in [3.8, 4) is 0 Å². The second-order valence-electron chi connectivity index (χ2n) is 10.3. The average molecular weight is 753 g/mol. The highest BCUT2D eigenvalue weighted by molar-refractivity contribution is 7.20. The zero-order chi connectivity index (χ0) is 38.6. The van der Waals surface area contributed by atoms with Crippen LogP contribution in [0.25, 0.3) is 0 Å². The molecule has 1 unspecified atom stereocenters. The van der Waals surface area contributed by atoms with Gasteiger partial charge in [0.1, 0.15) is 52.7 Å². The molecule has 1 atom stereocenters. The van der Waals surface area contributed by atoms with Gasteiger partial charge in [0.25, 0.3) is 0 Å². The lowest BCUT2D eigenvalue weighted by Gasteiger charge is -2.44. The van der Waals surface area contributed by atoms with E-state index in [9.17, 15) is 52.7 Å². The molecule has 0 fully saturated rings. The molecule has 0 radical (unpaired) electrons. The van der Waals surface area contributed by atoms with Gasteiger partial charge in [-0.2, -0.15) is 0 Å². The smallest absolute Gasteiger partial charge is 0.200 e. The SMILES string of the molecule is CCC(C)[NH3+].Fc1c(F)c(F)c([B-](c2c(F)c(F)c(F)c(F)c2F)(c2c(F)c(F)c(F)c(F)c2F)c2c(F)c(F)c(F)c(F)c2F)c(F)c1F. The van der Waals surface area contributed by atoms with Crippen LogP contribution in [0.1, 0.15) is 20.3 Å². The summed E-state index contributed by atoms with van der Waals surface area (Å²) in [6.07, 6.45) is -6.02. The summed E-state index contributed by atoms with van der Waals surface area (Å²) >= 11 is 0. The van der Waals surface area contributed by atoms with Crippen molar-refractivity contribution in [2.45, 2.75) is 26.3 Å². The van der Waals surface area contributed by atoms with Gasteiger partial charge in [-0.3, -0.25) is 0 Å². The number of quaternary nitrogens is 1. The van der Waals surface area contributed by atoms with Gasteiger partial charge in [0, 0.05) is 0 Å². The fourth-order valence-electron chi connectivity index (χ4n) is 4.87. The second-order valence-corrected chi connectivity index (χ2v) is 10.3. The minimum Gasteiger partial charge on any atom is -0.355 e.